The van der Waals surface area contributed by atoms with E-state index in [1.807, 2.05) is 18.2 Å². The van der Waals surface area contributed by atoms with Crippen molar-refractivity contribution in [2.24, 2.45) is 5.92 Å². The molecular weight excluding hydrogens is 384 g/mol. The largest absolute Gasteiger partial charge is 0.506 e. The molecule has 2 aromatic rings. The molecule has 0 spiro atoms. The predicted octanol–water partition coefficient (Wildman–Crippen LogP) is 1.79. The summed E-state index contributed by atoms with van der Waals surface area (Å²) in [4.78, 5) is 17.3. The molecule has 0 saturated carbocycles. The number of rotatable bonds is 4. The van der Waals surface area contributed by atoms with Crippen LogP contribution in [0, 0.1) is 17.2 Å². The number of para-hydroxylation sites is 2. The summed E-state index contributed by atoms with van der Waals surface area (Å²) in [6.45, 7) is 5.92. The molecule has 7 heteroatoms. The Labute approximate surface area is 175 Å². The summed E-state index contributed by atoms with van der Waals surface area (Å²) in [5, 5.41) is 23.4. The zero-order chi connectivity index (χ0) is 20.4. The summed E-state index contributed by atoms with van der Waals surface area (Å²) >= 11 is 1.58. The zero-order valence-corrected chi connectivity index (χ0v) is 17.5. The number of fused-ring (bicyclic) bond motifs is 1. The van der Waals surface area contributed by atoms with E-state index in [2.05, 4.69) is 23.2 Å². The van der Waals surface area contributed by atoms with Crippen molar-refractivity contribution in [3.8, 4) is 11.8 Å². The first-order chi connectivity index (χ1) is 14.0. The molecule has 29 heavy (non-hydrogen) atoms. The minimum Gasteiger partial charge on any atom is -0.506 e. The zero-order valence-electron chi connectivity index (χ0n) is 16.7. The van der Waals surface area contributed by atoms with E-state index >= 15 is 0 Å². The molecule has 1 aliphatic heterocycles. The normalized spacial score (nSPS) is 19.4. The van der Waals surface area contributed by atoms with Crippen LogP contribution in [0.1, 0.15) is 29.3 Å². The van der Waals surface area contributed by atoms with Crippen LogP contribution in [0.15, 0.2) is 24.3 Å². The second-order valence-corrected chi connectivity index (χ2v) is 9.22. The van der Waals surface area contributed by atoms with E-state index in [1.165, 1.54) is 9.78 Å². The lowest BCUT2D eigenvalue weighted by molar-refractivity contribution is -0.892. The maximum absolute atomic E-state index is 12.6. The maximum Gasteiger partial charge on any atom is 0.280 e. The van der Waals surface area contributed by atoms with Gasteiger partial charge in [0.2, 0.25) is 0 Å². The lowest BCUT2D eigenvalue weighted by Gasteiger charge is -2.33. The Morgan fingerprint density at radius 3 is 2.86 bits per heavy atom. The van der Waals surface area contributed by atoms with Crippen molar-refractivity contribution in [2.75, 3.05) is 42.9 Å². The molecular formula is C22H27N4O2S+. The third-order valence-electron chi connectivity index (χ3n) is 5.98. The van der Waals surface area contributed by atoms with Gasteiger partial charge in [-0.3, -0.25) is 4.79 Å². The molecule has 0 radical (unpaired) electrons. The van der Waals surface area contributed by atoms with Gasteiger partial charge in [0.05, 0.1) is 37.4 Å². The standard InChI is InChI=1S/C22H26N4O2S/c1-15-6-7-16-17(13-23)22(29-20(16)12-15)24-21(28)14-25-8-10-26(11-9-25)18-4-2-3-5-19(18)27/h2-5,15,27H,6-12,14H2,1H3,(H,24,28)/p+1/t15-/m0/s1. The Kier molecular flexibility index (Phi) is 5.74. The van der Waals surface area contributed by atoms with Crippen LogP contribution in [0.5, 0.6) is 5.75 Å². The van der Waals surface area contributed by atoms with Crippen LogP contribution in [0.4, 0.5) is 10.7 Å². The van der Waals surface area contributed by atoms with Crippen molar-refractivity contribution in [1.82, 2.24) is 0 Å². The number of amides is 1. The lowest BCUT2D eigenvalue weighted by atomic mass is 9.89. The van der Waals surface area contributed by atoms with Crippen LogP contribution in [-0.2, 0) is 17.6 Å². The summed E-state index contributed by atoms with van der Waals surface area (Å²) in [6.07, 6.45) is 3.05. The van der Waals surface area contributed by atoms with E-state index in [9.17, 15) is 15.2 Å². The van der Waals surface area contributed by atoms with Crippen molar-refractivity contribution < 1.29 is 14.8 Å². The van der Waals surface area contributed by atoms with E-state index in [1.54, 1.807) is 17.4 Å². The summed E-state index contributed by atoms with van der Waals surface area (Å²) in [7, 11) is 0. The number of carbonyl (C=O) groups excluding carboxylic acids is 1. The van der Waals surface area contributed by atoms with E-state index < -0.39 is 0 Å². The first-order valence-electron chi connectivity index (χ1n) is 10.3. The highest BCUT2D eigenvalue weighted by atomic mass is 32.1. The summed E-state index contributed by atoms with van der Waals surface area (Å²) in [6, 6.07) is 9.70. The monoisotopic (exact) mass is 411 g/mol. The van der Waals surface area contributed by atoms with E-state index in [4.69, 9.17) is 0 Å². The Morgan fingerprint density at radius 2 is 2.14 bits per heavy atom. The number of piperazine rings is 1. The second kappa shape index (κ2) is 8.44. The van der Waals surface area contributed by atoms with Gasteiger partial charge in [-0.25, -0.2) is 0 Å². The van der Waals surface area contributed by atoms with Gasteiger partial charge in [-0.2, -0.15) is 5.26 Å². The highest BCUT2D eigenvalue weighted by Gasteiger charge is 2.27. The third-order valence-corrected chi connectivity index (χ3v) is 7.15. The topological polar surface area (TPSA) is 80.8 Å². The molecule has 6 nitrogen and oxygen atoms in total. The number of anilines is 2. The molecule has 4 rings (SSSR count). The highest BCUT2D eigenvalue weighted by molar-refractivity contribution is 7.16. The van der Waals surface area contributed by atoms with Crippen molar-refractivity contribution in [3.63, 3.8) is 0 Å². The number of phenols is 1. The predicted molar refractivity (Wildman–Crippen MR) is 115 cm³/mol. The Bertz CT molecular complexity index is 941. The molecule has 1 amide bonds. The summed E-state index contributed by atoms with van der Waals surface area (Å²) in [5.41, 5.74) is 2.67. The number of thiophene rings is 1. The minimum absolute atomic E-state index is 0.0286. The Balaban J connectivity index is 1.34. The number of aromatic hydroxyl groups is 1. The second-order valence-electron chi connectivity index (χ2n) is 8.12. The van der Waals surface area contributed by atoms with Gasteiger partial charge in [0, 0.05) is 4.88 Å². The van der Waals surface area contributed by atoms with Crippen molar-refractivity contribution in [2.45, 2.75) is 26.2 Å². The number of benzene rings is 1. The van der Waals surface area contributed by atoms with Crippen LogP contribution >= 0.6 is 11.3 Å². The number of hydrogen-bond acceptors (Lipinski definition) is 5. The molecule has 1 aliphatic carbocycles. The number of quaternary nitrogens is 1. The molecule has 1 aromatic carbocycles. The number of hydrogen-bond donors (Lipinski definition) is 3. The number of carbonyl (C=O) groups is 1. The highest BCUT2D eigenvalue weighted by Crippen LogP contribution is 2.39. The summed E-state index contributed by atoms with van der Waals surface area (Å²) < 4.78 is 0. The molecule has 0 unspecified atom stereocenters. The minimum atomic E-state index is -0.0286. The van der Waals surface area contributed by atoms with Crippen LogP contribution in [-0.4, -0.2) is 43.7 Å². The Morgan fingerprint density at radius 1 is 1.38 bits per heavy atom. The first kappa shape index (κ1) is 19.7. The first-order valence-corrected chi connectivity index (χ1v) is 11.1. The molecule has 3 N–H and O–H groups in total. The molecule has 0 bridgehead atoms. The molecule has 2 heterocycles. The molecule has 1 saturated heterocycles. The van der Waals surface area contributed by atoms with Crippen LogP contribution in [0.25, 0.3) is 0 Å². The number of nitriles is 1. The molecule has 2 aliphatic rings. The molecule has 152 valence electrons. The van der Waals surface area contributed by atoms with E-state index in [0.29, 0.717) is 23.8 Å². The average Bonchev–Trinajstić information content (AvgIpc) is 3.04. The van der Waals surface area contributed by atoms with Crippen LogP contribution in [0.3, 0.4) is 0 Å². The fourth-order valence-electron chi connectivity index (χ4n) is 4.33. The van der Waals surface area contributed by atoms with Crippen LogP contribution < -0.4 is 15.1 Å². The summed E-state index contributed by atoms with van der Waals surface area (Å²) in [5.74, 6) is 0.911. The Hall–Kier alpha value is -2.56. The van der Waals surface area contributed by atoms with Crippen molar-refractivity contribution >= 4 is 27.9 Å². The SMILES string of the molecule is C[C@H]1CCc2c(sc(NC(=O)C[NH+]3CCN(c4ccccc4O)CC3)c2C#N)C1. The van der Waals surface area contributed by atoms with E-state index in [0.717, 1.165) is 61.7 Å². The van der Waals surface area contributed by atoms with Gasteiger partial charge < -0.3 is 20.2 Å². The maximum atomic E-state index is 12.6. The molecule has 1 fully saturated rings. The number of nitrogens with one attached hydrogen (secondary N) is 2. The quantitative estimate of drug-likeness (QED) is 0.717. The van der Waals surface area contributed by atoms with E-state index in [-0.39, 0.29) is 5.91 Å². The van der Waals surface area contributed by atoms with Gasteiger partial charge >= 0.3 is 0 Å². The smallest absolute Gasteiger partial charge is 0.280 e. The van der Waals surface area contributed by atoms with Gasteiger partial charge in [-0.1, -0.05) is 19.1 Å². The van der Waals surface area contributed by atoms with Gasteiger partial charge in [0.25, 0.3) is 5.91 Å². The van der Waals surface area contributed by atoms with Crippen molar-refractivity contribution in [3.05, 3.63) is 40.3 Å². The van der Waals surface area contributed by atoms with Gasteiger partial charge in [-0.05, 0) is 42.9 Å². The van der Waals surface area contributed by atoms with Gasteiger partial charge in [0.15, 0.2) is 6.54 Å². The number of nitrogens with zero attached hydrogens (tertiary/aromatic N) is 2. The fourth-order valence-corrected chi connectivity index (χ4v) is 5.70. The fraction of sp³-hybridized carbons (Fsp3) is 0.455. The third kappa shape index (κ3) is 4.24. The number of phenolic OH excluding ortho intramolecular Hbond substituents is 1. The van der Waals surface area contributed by atoms with Crippen molar-refractivity contribution in [1.29, 1.82) is 5.26 Å². The van der Waals surface area contributed by atoms with Gasteiger partial charge in [0.1, 0.15) is 16.8 Å². The van der Waals surface area contributed by atoms with Gasteiger partial charge in [-0.15, -0.1) is 11.3 Å². The lowest BCUT2D eigenvalue weighted by Crippen LogP contribution is -3.15. The molecule has 1 atom stereocenters. The average molecular weight is 412 g/mol. The molecule has 1 aromatic heterocycles. The van der Waals surface area contributed by atoms with Crippen LogP contribution in [0.2, 0.25) is 0 Å².